The molecule has 0 fully saturated rings. The van der Waals surface area contributed by atoms with Gasteiger partial charge in [-0.05, 0) is 33.9 Å². The fraction of sp³-hybridized carbons (Fsp3) is 0.333. The Morgan fingerprint density at radius 3 is 1.95 bits per heavy atom. The van der Waals surface area contributed by atoms with E-state index in [1.54, 1.807) is 6.07 Å². The Balaban J connectivity index is 2.49. The second-order valence-corrected chi connectivity index (χ2v) is 5.04. The lowest BCUT2D eigenvalue weighted by Gasteiger charge is -2.16. The van der Waals surface area contributed by atoms with E-state index in [-0.39, 0.29) is 5.56 Å². The Morgan fingerprint density at radius 2 is 1.42 bits per heavy atom. The normalized spacial score (nSPS) is 14.1. The first-order valence-corrected chi connectivity index (χ1v) is 6.15. The van der Waals surface area contributed by atoms with Crippen molar-refractivity contribution < 1.29 is 13.2 Å². The molecular formula is C15H16F3N. The Hall–Kier alpha value is -1.55. The van der Waals surface area contributed by atoms with Crippen LogP contribution in [0.15, 0.2) is 36.4 Å². The second-order valence-electron chi connectivity index (χ2n) is 5.04. The fourth-order valence-corrected chi connectivity index (χ4v) is 2.03. The van der Waals surface area contributed by atoms with E-state index in [0.717, 1.165) is 16.3 Å². The molecule has 0 unspecified atom stereocenters. The number of hydrogen-bond acceptors (Lipinski definition) is 1. The van der Waals surface area contributed by atoms with Crippen molar-refractivity contribution in [1.29, 1.82) is 0 Å². The van der Waals surface area contributed by atoms with Gasteiger partial charge in [-0.25, -0.2) is 0 Å². The quantitative estimate of drug-likeness (QED) is 0.850. The first-order valence-electron chi connectivity index (χ1n) is 6.15. The van der Waals surface area contributed by atoms with Crippen LogP contribution >= 0.6 is 0 Å². The summed E-state index contributed by atoms with van der Waals surface area (Å²) in [5.41, 5.74) is 6.44. The average molecular weight is 267 g/mol. The van der Waals surface area contributed by atoms with Gasteiger partial charge in [-0.1, -0.05) is 44.2 Å². The Kier molecular flexibility index (Phi) is 3.54. The maximum Gasteiger partial charge on any atom is 0.407 e. The number of nitrogens with two attached hydrogens (primary N) is 1. The summed E-state index contributed by atoms with van der Waals surface area (Å²) in [6, 6.07) is 8.56. The standard InChI is InChI=1S/C15H16F3N/c1-9(2)11-5-3-10-4-6-12(8-13(10)7-11)14(19)15(16,17)18/h3-9,14H,19H2,1-2H3/t14-/m0/s1. The highest BCUT2D eigenvalue weighted by Gasteiger charge is 2.37. The lowest BCUT2D eigenvalue weighted by atomic mass is 9.96. The van der Waals surface area contributed by atoms with Gasteiger partial charge in [0.05, 0.1) is 0 Å². The summed E-state index contributed by atoms with van der Waals surface area (Å²) in [5.74, 6) is 0.337. The largest absolute Gasteiger partial charge is 0.407 e. The van der Waals surface area contributed by atoms with E-state index in [4.69, 9.17) is 5.73 Å². The lowest BCUT2D eigenvalue weighted by molar-refractivity contribution is -0.149. The molecule has 0 radical (unpaired) electrons. The molecule has 2 rings (SSSR count). The van der Waals surface area contributed by atoms with Crippen molar-refractivity contribution in [2.24, 2.45) is 5.73 Å². The van der Waals surface area contributed by atoms with Gasteiger partial charge in [0, 0.05) is 0 Å². The summed E-state index contributed by atoms with van der Waals surface area (Å²) in [7, 11) is 0. The van der Waals surface area contributed by atoms with E-state index in [2.05, 4.69) is 0 Å². The van der Waals surface area contributed by atoms with E-state index in [0.29, 0.717) is 5.92 Å². The first-order chi connectivity index (χ1) is 8.79. The van der Waals surface area contributed by atoms with Crippen molar-refractivity contribution in [2.75, 3.05) is 0 Å². The first kappa shape index (κ1) is 13.9. The molecule has 0 amide bonds. The summed E-state index contributed by atoms with van der Waals surface area (Å²) in [6.07, 6.45) is -4.41. The molecule has 0 aliphatic heterocycles. The Labute approximate surface area is 110 Å². The minimum Gasteiger partial charge on any atom is -0.316 e. The smallest absolute Gasteiger partial charge is 0.316 e. The minimum absolute atomic E-state index is 0.0981. The number of halogens is 3. The van der Waals surface area contributed by atoms with Crippen molar-refractivity contribution >= 4 is 10.8 Å². The molecule has 2 aromatic carbocycles. The third-order valence-corrected chi connectivity index (χ3v) is 3.27. The molecule has 0 aromatic heterocycles. The number of benzene rings is 2. The Bertz CT molecular complexity index is 587. The van der Waals surface area contributed by atoms with Gasteiger partial charge < -0.3 is 5.73 Å². The molecule has 1 atom stereocenters. The molecule has 1 nitrogen and oxygen atoms in total. The van der Waals surface area contributed by atoms with Crippen molar-refractivity contribution in [1.82, 2.24) is 0 Å². The molecule has 0 saturated carbocycles. The fourth-order valence-electron chi connectivity index (χ4n) is 2.03. The maximum atomic E-state index is 12.6. The van der Waals surface area contributed by atoms with E-state index in [1.165, 1.54) is 12.1 Å². The van der Waals surface area contributed by atoms with Crippen molar-refractivity contribution in [3.05, 3.63) is 47.5 Å². The van der Waals surface area contributed by atoms with Gasteiger partial charge in [-0.15, -0.1) is 0 Å². The summed E-state index contributed by atoms with van der Waals surface area (Å²) >= 11 is 0. The van der Waals surface area contributed by atoms with Crippen molar-refractivity contribution in [3.8, 4) is 0 Å². The third kappa shape index (κ3) is 2.89. The van der Waals surface area contributed by atoms with Gasteiger partial charge in [0.25, 0.3) is 0 Å². The monoisotopic (exact) mass is 267 g/mol. The second kappa shape index (κ2) is 4.85. The van der Waals surface area contributed by atoms with Crippen LogP contribution in [0.5, 0.6) is 0 Å². The maximum absolute atomic E-state index is 12.6. The summed E-state index contributed by atoms with van der Waals surface area (Å²) in [5, 5.41) is 1.71. The van der Waals surface area contributed by atoms with Gasteiger partial charge in [0.15, 0.2) is 0 Å². The van der Waals surface area contributed by atoms with Crippen LogP contribution in [0.2, 0.25) is 0 Å². The highest BCUT2D eigenvalue weighted by Crippen LogP contribution is 2.32. The number of hydrogen-bond donors (Lipinski definition) is 1. The molecular weight excluding hydrogens is 251 g/mol. The molecule has 4 heteroatoms. The zero-order valence-corrected chi connectivity index (χ0v) is 10.8. The molecule has 2 aromatic rings. The van der Waals surface area contributed by atoms with Gasteiger partial charge in [0.2, 0.25) is 0 Å². The SMILES string of the molecule is CC(C)c1ccc2ccc([C@H](N)C(F)(F)F)cc2c1. The van der Waals surface area contributed by atoms with Crippen LogP contribution in [0.25, 0.3) is 10.8 Å². The highest BCUT2D eigenvalue weighted by molar-refractivity contribution is 5.84. The van der Waals surface area contributed by atoms with Crippen LogP contribution in [0.4, 0.5) is 13.2 Å². The van der Waals surface area contributed by atoms with Gasteiger partial charge in [-0.3, -0.25) is 0 Å². The molecule has 0 aliphatic carbocycles. The average Bonchev–Trinajstić information content (AvgIpc) is 2.35. The van der Waals surface area contributed by atoms with Gasteiger partial charge >= 0.3 is 6.18 Å². The minimum atomic E-state index is -4.41. The zero-order chi connectivity index (χ0) is 14.2. The molecule has 19 heavy (non-hydrogen) atoms. The number of rotatable bonds is 2. The van der Waals surface area contributed by atoms with E-state index in [1.807, 2.05) is 32.0 Å². The van der Waals surface area contributed by atoms with Crippen LogP contribution in [-0.4, -0.2) is 6.18 Å². The summed E-state index contributed by atoms with van der Waals surface area (Å²) in [4.78, 5) is 0. The number of fused-ring (bicyclic) bond motifs is 1. The van der Waals surface area contributed by atoms with Crippen LogP contribution in [0, 0.1) is 0 Å². The molecule has 0 saturated heterocycles. The Morgan fingerprint density at radius 1 is 0.895 bits per heavy atom. The van der Waals surface area contributed by atoms with E-state index >= 15 is 0 Å². The predicted molar refractivity (Wildman–Crippen MR) is 71.0 cm³/mol. The highest BCUT2D eigenvalue weighted by atomic mass is 19.4. The van der Waals surface area contributed by atoms with Crippen LogP contribution in [-0.2, 0) is 0 Å². The molecule has 0 bridgehead atoms. The van der Waals surface area contributed by atoms with Crippen LogP contribution < -0.4 is 5.73 Å². The van der Waals surface area contributed by atoms with Crippen molar-refractivity contribution in [2.45, 2.75) is 32.0 Å². The molecule has 0 heterocycles. The molecule has 0 spiro atoms. The summed E-state index contributed by atoms with van der Waals surface area (Å²) < 4.78 is 37.9. The van der Waals surface area contributed by atoms with Crippen molar-refractivity contribution in [3.63, 3.8) is 0 Å². The van der Waals surface area contributed by atoms with E-state index < -0.39 is 12.2 Å². The zero-order valence-electron chi connectivity index (χ0n) is 10.8. The summed E-state index contributed by atoms with van der Waals surface area (Å²) in [6.45, 7) is 4.10. The molecule has 102 valence electrons. The van der Waals surface area contributed by atoms with E-state index in [9.17, 15) is 13.2 Å². The topological polar surface area (TPSA) is 26.0 Å². The van der Waals surface area contributed by atoms with Crippen LogP contribution in [0.3, 0.4) is 0 Å². The predicted octanol–water partition coefficient (Wildman–Crippen LogP) is 4.53. The van der Waals surface area contributed by atoms with Crippen LogP contribution in [0.1, 0.15) is 36.9 Å². The third-order valence-electron chi connectivity index (χ3n) is 3.27. The lowest BCUT2D eigenvalue weighted by Crippen LogP contribution is -2.28. The van der Waals surface area contributed by atoms with Gasteiger partial charge in [-0.2, -0.15) is 13.2 Å². The van der Waals surface area contributed by atoms with Gasteiger partial charge in [0.1, 0.15) is 6.04 Å². The molecule has 2 N–H and O–H groups in total. The molecule has 0 aliphatic rings. The number of alkyl halides is 3.